The Labute approximate surface area is 173 Å². The molecule has 1 saturated heterocycles. The summed E-state index contributed by atoms with van der Waals surface area (Å²) in [5, 5.41) is 15.4. The molecular weight excluding hydrogens is 394 g/mol. The third-order valence-electron chi connectivity index (χ3n) is 4.64. The Bertz CT molecular complexity index is 880. The number of halogens is 1. The number of carbonyl (C=O) groups excluding carboxylic acids is 1. The molecule has 2 aromatic rings. The highest BCUT2D eigenvalue weighted by Crippen LogP contribution is 2.13. The number of nitrogens with one attached hydrogen (secondary N) is 1. The topological polar surface area (TPSA) is 91.1 Å². The van der Waals surface area contributed by atoms with Crippen LogP contribution in [0.2, 0.25) is 5.02 Å². The molecule has 0 radical (unpaired) electrons. The van der Waals surface area contributed by atoms with Crippen LogP contribution in [0, 0.1) is 10.1 Å². The normalized spacial score (nSPS) is 15.5. The lowest BCUT2D eigenvalue weighted by atomic mass is 10.2. The van der Waals surface area contributed by atoms with Crippen molar-refractivity contribution in [3.8, 4) is 0 Å². The number of hydrazone groups is 1. The van der Waals surface area contributed by atoms with E-state index in [1.807, 2.05) is 24.3 Å². The minimum Gasteiger partial charge on any atom is -0.297 e. The molecule has 2 aromatic carbocycles. The zero-order valence-electron chi connectivity index (χ0n) is 15.8. The zero-order valence-corrected chi connectivity index (χ0v) is 16.6. The molecule has 0 aliphatic carbocycles. The van der Waals surface area contributed by atoms with E-state index in [9.17, 15) is 14.9 Å². The highest BCUT2D eigenvalue weighted by atomic mass is 35.5. The average molecular weight is 416 g/mol. The van der Waals surface area contributed by atoms with Gasteiger partial charge < -0.3 is 0 Å². The Morgan fingerprint density at radius 2 is 1.83 bits per heavy atom. The number of nitro benzene ring substituents is 1. The minimum atomic E-state index is -0.470. The van der Waals surface area contributed by atoms with Gasteiger partial charge in [0.2, 0.25) is 0 Å². The summed E-state index contributed by atoms with van der Waals surface area (Å²) >= 11 is 5.92. The molecule has 152 valence electrons. The van der Waals surface area contributed by atoms with Crippen LogP contribution in [0.1, 0.15) is 11.1 Å². The fraction of sp³-hybridized carbons (Fsp3) is 0.300. The first kappa shape index (κ1) is 20.9. The molecule has 0 atom stereocenters. The third-order valence-corrected chi connectivity index (χ3v) is 4.89. The van der Waals surface area contributed by atoms with Crippen molar-refractivity contribution < 1.29 is 9.72 Å². The lowest BCUT2D eigenvalue weighted by molar-refractivity contribution is -0.384. The lowest BCUT2D eigenvalue weighted by Gasteiger charge is -2.34. The number of hydrogen-bond donors (Lipinski definition) is 1. The first-order valence-corrected chi connectivity index (χ1v) is 9.63. The van der Waals surface area contributed by atoms with Gasteiger partial charge in [0, 0.05) is 55.4 Å². The second-order valence-corrected chi connectivity index (χ2v) is 7.26. The van der Waals surface area contributed by atoms with E-state index in [2.05, 4.69) is 20.3 Å². The van der Waals surface area contributed by atoms with Gasteiger partial charge in [0.1, 0.15) is 0 Å². The van der Waals surface area contributed by atoms with Crippen LogP contribution >= 0.6 is 11.6 Å². The average Bonchev–Trinajstić information content (AvgIpc) is 2.71. The lowest BCUT2D eigenvalue weighted by Crippen LogP contribution is -2.48. The summed E-state index contributed by atoms with van der Waals surface area (Å²) < 4.78 is 0. The maximum atomic E-state index is 12.1. The molecular formula is C20H22ClN5O3. The van der Waals surface area contributed by atoms with Crippen LogP contribution in [0.25, 0.3) is 0 Å². The summed E-state index contributed by atoms with van der Waals surface area (Å²) in [5.41, 5.74) is 4.23. The van der Waals surface area contributed by atoms with Crippen LogP contribution in [0.15, 0.2) is 53.6 Å². The van der Waals surface area contributed by atoms with Crippen molar-refractivity contribution in [2.45, 2.75) is 6.54 Å². The standard InChI is InChI=1S/C20H22ClN5O3/c21-18-6-4-16(5-7-18)14-24-8-10-25(11-9-24)15-20(27)23-22-13-17-2-1-3-19(12-17)26(28)29/h1-7,12-13H,8-11,14-15H2,(H,23,27)/b22-13+. The van der Waals surface area contributed by atoms with Crippen LogP contribution in [0.4, 0.5) is 5.69 Å². The van der Waals surface area contributed by atoms with Crippen molar-refractivity contribution in [3.05, 3.63) is 74.8 Å². The number of nitrogens with zero attached hydrogens (tertiary/aromatic N) is 4. The molecule has 3 rings (SSSR count). The van der Waals surface area contributed by atoms with Crippen LogP contribution in [-0.2, 0) is 11.3 Å². The van der Waals surface area contributed by atoms with Crippen LogP contribution in [0.5, 0.6) is 0 Å². The SMILES string of the molecule is O=C(CN1CCN(Cc2ccc(Cl)cc2)CC1)N/N=C/c1cccc([N+](=O)[O-])c1. The van der Waals surface area contributed by atoms with E-state index >= 15 is 0 Å². The van der Waals surface area contributed by atoms with E-state index in [0.29, 0.717) is 5.56 Å². The number of piperazine rings is 1. The van der Waals surface area contributed by atoms with Gasteiger partial charge in [0.05, 0.1) is 17.7 Å². The van der Waals surface area contributed by atoms with Crippen LogP contribution in [-0.4, -0.2) is 59.6 Å². The quantitative estimate of drug-likeness (QED) is 0.426. The van der Waals surface area contributed by atoms with Crippen molar-refractivity contribution in [1.82, 2.24) is 15.2 Å². The predicted molar refractivity (Wildman–Crippen MR) is 112 cm³/mol. The molecule has 1 aliphatic rings. The summed E-state index contributed by atoms with van der Waals surface area (Å²) in [4.78, 5) is 26.8. The number of carbonyl (C=O) groups is 1. The maximum Gasteiger partial charge on any atom is 0.270 e. The van der Waals surface area contributed by atoms with Crippen molar-refractivity contribution in [1.29, 1.82) is 0 Å². The van der Waals surface area contributed by atoms with Gasteiger partial charge in [0.15, 0.2) is 0 Å². The number of hydrogen-bond acceptors (Lipinski definition) is 6. The molecule has 0 aromatic heterocycles. The molecule has 1 N–H and O–H groups in total. The fourth-order valence-corrected chi connectivity index (χ4v) is 3.22. The summed E-state index contributed by atoms with van der Waals surface area (Å²) in [5.74, 6) is -0.210. The number of amides is 1. The fourth-order valence-electron chi connectivity index (χ4n) is 3.09. The summed E-state index contributed by atoms with van der Waals surface area (Å²) in [7, 11) is 0. The van der Waals surface area contributed by atoms with Gasteiger partial charge in [-0.1, -0.05) is 35.9 Å². The van der Waals surface area contributed by atoms with Gasteiger partial charge >= 0.3 is 0 Å². The smallest absolute Gasteiger partial charge is 0.270 e. The largest absolute Gasteiger partial charge is 0.297 e. The molecule has 1 heterocycles. The Morgan fingerprint density at radius 3 is 2.52 bits per heavy atom. The predicted octanol–water partition coefficient (Wildman–Crippen LogP) is 2.52. The molecule has 1 amide bonds. The highest BCUT2D eigenvalue weighted by molar-refractivity contribution is 6.30. The Hall–Kier alpha value is -2.81. The molecule has 9 heteroatoms. The summed E-state index contributed by atoms with van der Waals surface area (Å²) in [6.07, 6.45) is 1.40. The minimum absolute atomic E-state index is 0.0169. The molecule has 0 spiro atoms. The van der Waals surface area contributed by atoms with Gasteiger partial charge in [-0.05, 0) is 17.7 Å². The zero-order chi connectivity index (χ0) is 20.6. The van der Waals surface area contributed by atoms with E-state index in [4.69, 9.17) is 11.6 Å². The van der Waals surface area contributed by atoms with Gasteiger partial charge in [-0.2, -0.15) is 5.10 Å². The molecule has 1 aliphatic heterocycles. The molecule has 0 saturated carbocycles. The number of rotatable bonds is 7. The van der Waals surface area contributed by atoms with Gasteiger partial charge in [-0.15, -0.1) is 0 Å². The maximum absolute atomic E-state index is 12.1. The Kier molecular flexibility index (Phi) is 7.29. The van der Waals surface area contributed by atoms with Gasteiger partial charge in [-0.3, -0.25) is 24.7 Å². The highest BCUT2D eigenvalue weighted by Gasteiger charge is 2.18. The number of non-ortho nitro benzene ring substituents is 1. The van der Waals surface area contributed by atoms with Crippen LogP contribution < -0.4 is 5.43 Å². The van der Waals surface area contributed by atoms with E-state index < -0.39 is 4.92 Å². The Balaban J connectivity index is 1.40. The summed E-state index contributed by atoms with van der Waals surface area (Å²) in [6, 6.07) is 13.9. The molecule has 29 heavy (non-hydrogen) atoms. The van der Waals surface area contributed by atoms with E-state index in [0.717, 1.165) is 37.7 Å². The van der Waals surface area contributed by atoms with Gasteiger partial charge in [-0.25, -0.2) is 5.43 Å². The molecule has 1 fully saturated rings. The Morgan fingerprint density at radius 1 is 1.14 bits per heavy atom. The molecule has 0 bridgehead atoms. The van der Waals surface area contributed by atoms with Gasteiger partial charge in [0.25, 0.3) is 11.6 Å². The number of nitro groups is 1. The summed E-state index contributed by atoms with van der Waals surface area (Å²) in [6.45, 7) is 4.50. The van der Waals surface area contributed by atoms with Crippen molar-refractivity contribution in [3.63, 3.8) is 0 Å². The second kappa shape index (κ2) is 10.1. The van der Waals surface area contributed by atoms with Crippen molar-refractivity contribution >= 4 is 29.4 Å². The van der Waals surface area contributed by atoms with E-state index in [1.165, 1.54) is 23.9 Å². The first-order chi connectivity index (χ1) is 14.0. The second-order valence-electron chi connectivity index (χ2n) is 6.82. The molecule has 8 nitrogen and oxygen atoms in total. The van der Waals surface area contributed by atoms with Crippen molar-refractivity contribution in [2.24, 2.45) is 5.10 Å². The van der Waals surface area contributed by atoms with E-state index in [-0.39, 0.29) is 18.1 Å². The first-order valence-electron chi connectivity index (χ1n) is 9.25. The van der Waals surface area contributed by atoms with E-state index in [1.54, 1.807) is 12.1 Å². The number of benzene rings is 2. The van der Waals surface area contributed by atoms with Crippen LogP contribution in [0.3, 0.4) is 0 Å². The third kappa shape index (κ3) is 6.63. The van der Waals surface area contributed by atoms with Crippen molar-refractivity contribution in [2.75, 3.05) is 32.7 Å². The molecule has 0 unspecified atom stereocenters. The monoisotopic (exact) mass is 415 g/mol.